The number of hydrogen-bond donors (Lipinski definition) is 1. The zero-order valence-electron chi connectivity index (χ0n) is 6.37. The number of carbonyl (C=O) groups is 1. The average molecular weight is 166 g/mol. The van der Waals surface area contributed by atoms with Crippen LogP contribution in [0.1, 0.15) is 22.8 Å². The maximum absolute atomic E-state index is 10.6. The van der Waals surface area contributed by atoms with Gasteiger partial charge >= 0.3 is 0 Å². The lowest BCUT2D eigenvalue weighted by atomic mass is 10.1. The van der Waals surface area contributed by atoms with Crippen molar-refractivity contribution in [3.8, 4) is 0 Å². The number of carbonyl (C=O) groups excluding carboxylic acids is 1. The number of benzene rings is 1. The molecule has 58 valence electrons. The second kappa shape index (κ2) is 3.58. The van der Waals surface area contributed by atoms with Crippen molar-refractivity contribution in [1.29, 1.82) is 0 Å². The molecular formula is C9H10OS. The van der Waals surface area contributed by atoms with Crippen LogP contribution in [0.2, 0.25) is 0 Å². The van der Waals surface area contributed by atoms with Crippen LogP contribution in [0.25, 0.3) is 0 Å². The van der Waals surface area contributed by atoms with Crippen LogP contribution in [0.4, 0.5) is 0 Å². The Bertz CT molecular complexity index is 268. The highest BCUT2D eigenvalue weighted by molar-refractivity contribution is 7.80. The molecule has 0 radical (unpaired) electrons. The summed E-state index contributed by atoms with van der Waals surface area (Å²) in [5, 5.41) is 0. The number of hydrogen-bond acceptors (Lipinski definition) is 2. The van der Waals surface area contributed by atoms with Crippen LogP contribution in [0.5, 0.6) is 0 Å². The van der Waals surface area contributed by atoms with Crippen molar-refractivity contribution >= 4 is 18.9 Å². The molecule has 0 heterocycles. The fourth-order valence-electron chi connectivity index (χ4n) is 1.04. The van der Waals surface area contributed by atoms with E-state index < -0.39 is 0 Å². The maximum atomic E-state index is 10.6. The van der Waals surface area contributed by atoms with Gasteiger partial charge in [-0.1, -0.05) is 19.1 Å². The first-order chi connectivity index (χ1) is 5.29. The third-order valence-electron chi connectivity index (χ3n) is 1.67. The first kappa shape index (κ1) is 8.34. The maximum Gasteiger partial charge on any atom is 0.151 e. The lowest BCUT2D eigenvalue weighted by Crippen LogP contribution is -1.91. The zero-order valence-corrected chi connectivity index (χ0v) is 7.27. The molecule has 2 heteroatoms. The minimum Gasteiger partial charge on any atom is -0.298 e. The first-order valence-corrected chi connectivity index (χ1v) is 4.00. The van der Waals surface area contributed by atoms with E-state index in [4.69, 9.17) is 0 Å². The standard InChI is InChI=1S/C9H10OS/c1-2-7-4-3-5-9(11)8(7)6-10/h3-6,11H,2H2,1H3. The summed E-state index contributed by atoms with van der Waals surface area (Å²) >= 11 is 4.17. The Balaban J connectivity index is 3.24. The zero-order chi connectivity index (χ0) is 8.27. The summed E-state index contributed by atoms with van der Waals surface area (Å²) in [4.78, 5) is 11.3. The highest BCUT2D eigenvalue weighted by Crippen LogP contribution is 2.16. The summed E-state index contributed by atoms with van der Waals surface area (Å²) in [6, 6.07) is 5.68. The molecule has 11 heavy (non-hydrogen) atoms. The molecule has 0 spiro atoms. The van der Waals surface area contributed by atoms with Gasteiger partial charge in [0.15, 0.2) is 6.29 Å². The average Bonchev–Trinajstić information content (AvgIpc) is 2.04. The number of rotatable bonds is 2. The van der Waals surface area contributed by atoms with Crippen LogP contribution in [-0.4, -0.2) is 6.29 Å². The molecule has 0 unspecified atom stereocenters. The van der Waals surface area contributed by atoms with Crippen molar-refractivity contribution in [3.63, 3.8) is 0 Å². The quantitative estimate of drug-likeness (QED) is 0.527. The predicted molar refractivity (Wildman–Crippen MR) is 48.5 cm³/mol. The summed E-state index contributed by atoms with van der Waals surface area (Å²) in [5.41, 5.74) is 1.78. The summed E-state index contributed by atoms with van der Waals surface area (Å²) in [5.74, 6) is 0. The van der Waals surface area contributed by atoms with Gasteiger partial charge in [-0.15, -0.1) is 12.6 Å². The summed E-state index contributed by atoms with van der Waals surface area (Å²) < 4.78 is 0. The van der Waals surface area contributed by atoms with Crippen LogP contribution < -0.4 is 0 Å². The van der Waals surface area contributed by atoms with Gasteiger partial charge in [-0.25, -0.2) is 0 Å². The second-order valence-electron chi connectivity index (χ2n) is 2.32. The Labute approximate surface area is 71.8 Å². The van der Waals surface area contributed by atoms with E-state index in [9.17, 15) is 4.79 Å². The smallest absolute Gasteiger partial charge is 0.151 e. The van der Waals surface area contributed by atoms with E-state index in [1.54, 1.807) is 0 Å². The number of thiol groups is 1. The predicted octanol–water partition coefficient (Wildman–Crippen LogP) is 2.35. The monoisotopic (exact) mass is 166 g/mol. The lowest BCUT2D eigenvalue weighted by Gasteiger charge is -2.02. The highest BCUT2D eigenvalue weighted by Gasteiger charge is 2.01. The van der Waals surface area contributed by atoms with Crippen LogP contribution >= 0.6 is 12.6 Å². The highest BCUT2D eigenvalue weighted by atomic mass is 32.1. The molecule has 0 aromatic heterocycles. The fourth-order valence-corrected chi connectivity index (χ4v) is 1.33. The molecule has 0 aliphatic rings. The third-order valence-corrected chi connectivity index (χ3v) is 2.06. The van der Waals surface area contributed by atoms with Crippen LogP contribution in [-0.2, 0) is 6.42 Å². The van der Waals surface area contributed by atoms with Gasteiger partial charge in [0.05, 0.1) is 0 Å². The third kappa shape index (κ3) is 1.63. The summed E-state index contributed by atoms with van der Waals surface area (Å²) in [7, 11) is 0. The Morgan fingerprint density at radius 1 is 1.55 bits per heavy atom. The molecule has 0 fully saturated rings. The Hall–Kier alpha value is -0.760. The van der Waals surface area contributed by atoms with E-state index in [1.807, 2.05) is 25.1 Å². The fraction of sp³-hybridized carbons (Fsp3) is 0.222. The molecule has 1 aromatic rings. The summed E-state index contributed by atoms with van der Waals surface area (Å²) in [6.07, 6.45) is 1.74. The van der Waals surface area contributed by atoms with E-state index in [-0.39, 0.29) is 0 Å². The van der Waals surface area contributed by atoms with Gasteiger partial charge in [0.2, 0.25) is 0 Å². The normalized spacial score (nSPS) is 9.64. The first-order valence-electron chi connectivity index (χ1n) is 3.55. The molecule has 0 aliphatic carbocycles. The van der Waals surface area contributed by atoms with Gasteiger partial charge in [-0.3, -0.25) is 4.79 Å². The van der Waals surface area contributed by atoms with Gasteiger partial charge < -0.3 is 0 Å². The Morgan fingerprint density at radius 2 is 2.27 bits per heavy atom. The van der Waals surface area contributed by atoms with Crippen molar-refractivity contribution < 1.29 is 4.79 Å². The molecular weight excluding hydrogens is 156 g/mol. The van der Waals surface area contributed by atoms with E-state index in [0.29, 0.717) is 0 Å². The van der Waals surface area contributed by atoms with Crippen molar-refractivity contribution in [2.45, 2.75) is 18.2 Å². The van der Waals surface area contributed by atoms with Gasteiger partial charge in [-0.05, 0) is 18.1 Å². The van der Waals surface area contributed by atoms with Crippen LogP contribution in [0.3, 0.4) is 0 Å². The SMILES string of the molecule is CCc1cccc(S)c1C=O. The number of aryl methyl sites for hydroxylation is 1. The molecule has 0 bridgehead atoms. The van der Waals surface area contributed by atoms with Crippen LogP contribution in [0.15, 0.2) is 23.1 Å². The molecule has 1 nitrogen and oxygen atoms in total. The van der Waals surface area contributed by atoms with Crippen molar-refractivity contribution in [1.82, 2.24) is 0 Å². The van der Waals surface area contributed by atoms with Crippen molar-refractivity contribution in [2.75, 3.05) is 0 Å². The molecule has 1 rings (SSSR count). The van der Waals surface area contributed by atoms with Gasteiger partial charge in [-0.2, -0.15) is 0 Å². The minimum atomic E-state index is 0.721. The van der Waals surface area contributed by atoms with Gasteiger partial charge in [0, 0.05) is 10.5 Å². The van der Waals surface area contributed by atoms with Crippen molar-refractivity contribution in [3.05, 3.63) is 29.3 Å². The topological polar surface area (TPSA) is 17.1 Å². The Kier molecular flexibility index (Phi) is 2.71. The Morgan fingerprint density at radius 3 is 2.73 bits per heavy atom. The molecule has 0 saturated carbocycles. The molecule has 0 saturated heterocycles. The molecule has 0 N–H and O–H groups in total. The minimum absolute atomic E-state index is 0.721. The molecule has 1 aromatic carbocycles. The molecule has 0 amide bonds. The van der Waals surface area contributed by atoms with Crippen molar-refractivity contribution in [2.24, 2.45) is 0 Å². The van der Waals surface area contributed by atoms with Crippen LogP contribution in [0, 0.1) is 0 Å². The number of aldehydes is 1. The van der Waals surface area contributed by atoms with Gasteiger partial charge in [0.1, 0.15) is 0 Å². The largest absolute Gasteiger partial charge is 0.298 e. The molecule has 0 aliphatic heterocycles. The van der Waals surface area contributed by atoms with E-state index in [2.05, 4.69) is 12.6 Å². The van der Waals surface area contributed by atoms with E-state index in [0.717, 1.165) is 28.7 Å². The van der Waals surface area contributed by atoms with Gasteiger partial charge in [0.25, 0.3) is 0 Å². The lowest BCUT2D eigenvalue weighted by molar-refractivity contribution is 0.112. The van der Waals surface area contributed by atoms with E-state index in [1.165, 1.54) is 0 Å². The van der Waals surface area contributed by atoms with E-state index >= 15 is 0 Å². The second-order valence-corrected chi connectivity index (χ2v) is 2.80. The summed E-state index contributed by atoms with van der Waals surface area (Å²) in [6.45, 7) is 2.02. The molecule has 0 atom stereocenters.